The van der Waals surface area contributed by atoms with E-state index in [1.165, 1.54) is 7.11 Å². The molecule has 2 rings (SSSR count). The molecule has 4 nitrogen and oxygen atoms in total. The van der Waals surface area contributed by atoms with Gasteiger partial charge in [0.25, 0.3) is 0 Å². The summed E-state index contributed by atoms with van der Waals surface area (Å²) in [5, 5.41) is 19.1. The molecule has 90 valence electrons. The minimum Gasteiger partial charge on any atom is -0.507 e. The molecule has 1 aromatic rings. The SMILES string of the molecule is COc1ccc2c(c1)C(O)=C(C(=O)O)C(C)C2. The quantitative estimate of drug-likeness (QED) is 0.823. The van der Waals surface area contributed by atoms with E-state index in [-0.39, 0.29) is 17.3 Å². The van der Waals surface area contributed by atoms with Crippen molar-refractivity contribution in [1.82, 2.24) is 0 Å². The van der Waals surface area contributed by atoms with Crippen LogP contribution in [0.1, 0.15) is 18.1 Å². The standard InChI is InChI=1S/C13H14O4/c1-7-5-8-3-4-9(17-2)6-10(8)12(14)11(7)13(15)16/h3-4,6-7,14H,5H2,1-2H3,(H,15,16). The number of aliphatic hydroxyl groups excluding tert-OH is 1. The van der Waals surface area contributed by atoms with Gasteiger partial charge in [-0.15, -0.1) is 0 Å². The highest BCUT2D eigenvalue weighted by molar-refractivity contribution is 5.96. The van der Waals surface area contributed by atoms with E-state index >= 15 is 0 Å². The lowest BCUT2D eigenvalue weighted by molar-refractivity contribution is -0.133. The summed E-state index contributed by atoms with van der Waals surface area (Å²) in [5.74, 6) is -0.795. The third kappa shape index (κ3) is 1.86. The lowest BCUT2D eigenvalue weighted by atomic mass is 9.83. The van der Waals surface area contributed by atoms with Crippen LogP contribution in [-0.2, 0) is 11.2 Å². The molecule has 0 radical (unpaired) electrons. The maximum absolute atomic E-state index is 11.1. The van der Waals surface area contributed by atoms with E-state index in [9.17, 15) is 9.90 Å². The molecule has 0 heterocycles. The van der Waals surface area contributed by atoms with Gasteiger partial charge < -0.3 is 14.9 Å². The van der Waals surface area contributed by atoms with Gasteiger partial charge in [0.2, 0.25) is 0 Å². The zero-order valence-corrected chi connectivity index (χ0v) is 9.73. The number of carboxylic acid groups (broad SMARTS) is 1. The normalized spacial score (nSPS) is 18.8. The van der Waals surface area contributed by atoms with Gasteiger partial charge in [-0.25, -0.2) is 4.79 Å². The smallest absolute Gasteiger partial charge is 0.335 e. The van der Waals surface area contributed by atoms with Crippen molar-refractivity contribution in [2.75, 3.05) is 7.11 Å². The number of fused-ring (bicyclic) bond motifs is 1. The van der Waals surface area contributed by atoms with E-state index < -0.39 is 5.97 Å². The van der Waals surface area contributed by atoms with Crippen LogP contribution in [0.15, 0.2) is 23.8 Å². The lowest BCUT2D eigenvalue weighted by Crippen LogP contribution is -2.19. The molecule has 1 aliphatic carbocycles. The van der Waals surface area contributed by atoms with Crippen molar-refractivity contribution in [2.24, 2.45) is 5.92 Å². The van der Waals surface area contributed by atoms with E-state index in [1.54, 1.807) is 13.0 Å². The van der Waals surface area contributed by atoms with Gasteiger partial charge in [-0.2, -0.15) is 0 Å². The van der Waals surface area contributed by atoms with Gasteiger partial charge in [0.05, 0.1) is 12.7 Å². The van der Waals surface area contributed by atoms with E-state index in [1.807, 2.05) is 12.1 Å². The van der Waals surface area contributed by atoms with Gasteiger partial charge in [0, 0.05) is 5.56 Å². The lowest BCUT2D eigenvalue weighted by Gasteiger charge is -2.23. The van der Waals surface area contributed by atoms with Gasteiger partial charge in [-0.1, -0.05) is 13.0 Å². The van der Waals surface area contributed by atoms with E-state index in [0.717, 1.165) is 5.56 Å². The van der Waals surface area contributed by atoms with Gasteiger partial charge in [0.1, 0.15) is 11.5 Å². The second-order valence-corrected chi connectivity index (χ2v) is 4.20. The minimum atomic E-state index is -1.07. The molecule has 1 atom stereocenters. The average molecular weight is 234 g/mol. The second-order valence-electron chi connectivity index (χ2n) is 4.20. The van der Waals surface area contributed by atoms with Crippen molar-refractivity contribution < 1.29 is 19.7 Å². The van der Waals surface area contributed by atoms with Crippen LogP contribution in [0.2, 0.25) is 0 Å². The van der Waals surface area contributed by atoms with Crippen LogP contribution in [0, 0.1) is 5.92 Å². The number of rotatable bonds is 2. The predicted molar refractivity (Wildman–Crippen MR) is 63.0 cm³/mol. The summed E-state index contributed by atoms with van der Waals surface area (Å²) < 4.78 is 5.07. The fourth-order valence-electron chi connectivity index (χ4n) is 2.20. The number of carbonyl (C=O) groups is 1. The Hall–Kier alpha value is -1.97. The Balaban J connectivity index is 2.60. The zero-order chi connectivity index (χ0) is 12.6. The van der Waals surface area contributed by atoms with Crippen molar-refractivity contribution >= 4 is 11.7 Å². The first-order chi connectivity index (χ1) is 8.04. The van der Waals surface area contributed by atoms with E-state index in [0.29, 0.717) is 17.7 Å². The van der Waals surface area contributed by atoms with Crippen molar-refractivity contribution in [2.45, 2.75) is 13.3 Å². The molecule has 2 N–H and O–H groups in total. The molecule has 0 fully saturated rings. The first-order valence-corrected chi connectivity index (χ1v) is 5.38. The molecule has 1 aromatic carbocycles. The molecule has 17 heavy (non-hydrogen) atoms. The molecule has 4 heteroatoms. The summed E-state index contributed by atoms with van der Waals surface area (Å²) in [5.41, 5.74) is 1.58. The number of hydrogen-bond donors (Lipinski definition) is 2. The van der Waals surface area contributed by atoms with Gasteiger partial charge >= 0.3 is 5.97 Å². The summed E-state index contributed by atoms with van der Waals surface area (Å²) in [6.07, 6.45) is 0.616. The summed E-state index contributed by atoms with van der Waals surface area (Å²) >= 11 is 0. The molecule has 0 spiro atoms. The Morgan fingerprint density at radius 1 is 1.47 bits per heavy atom. The summed E-state index contributed by atoms with van der Waals surface area (Å²) in [4.78, 5) is 11.1. The van der Waals surface area contributed by atoms with Gasteiger partial charge in [-0.05, 0) is 30.0 Å². The Labute approximate surface area is 99.2 Å². The molecule has 0 saturated heterocycles. The highest BCUT2D eigenvalue weighted by atomic mass is 16.5. The number of methoxy groups -OCH3 is 1. The van der Waals surface area contributed by atoms with Gasteiger partial charge in [0.15, 0.2) is 0 Å². The largest absolute Gasteiger partial charge is 0.507 e. The summed E-state index contributed by atoms with van der Waals surface area (Å²) in [6.45, 7) is 1.80. The molecule has 0 aliphatic heterocycles. The third-order valence-electron chi connectivity index (χ3n) is 3.08. The number of carboxylic acids is 1. The Morgan fingerprint density at radius 2 is 2.18 bits per heavy atom. The van der Waals surface area contributed by atoms with Crippen LogP contribution >= 0.6 is 0 Å². The highest BCUT2D eigenvalue weighted by Gasteiger charge is 2.29. The van der Waals surface area contributed by atoms with Crippen molar-refractivity contribution in [3.8, 4) is 5.75 Å². The number of benzene rings is 1. The maximum atomic E-state index is 11.1. The van der Waals surface area contributed by atoms with Crippen molar-refractivity contribution in [3.63, 3.8) is 0 Å². The highest BCUT2D eigenvalue weighted by Crippen LogP contribution is 2.35. The van der Waals surface area contributed by atoms with Crippen LogP contribution in [0.5, 0.6) is 5.75 Å². The molecular weight excluding hydrogens is 220 g/mol. The second kappa shape index (κ2) is 4.13. The fraction of sp³-hybridized carbons (Fsp3) is 0.308. The van der Waals surface area contributed by atoms with E-state index in [4.69, 9.17) is 9.84 Å². The number of hydrogen-bond acceptors (Lipinski definition) is 3. The maximum Gasteiger partial charge on any atom is 0.335 e. The van der Waals surface area contributed by atoms with Crippen LogP contribution < -0.4 is 4.74 Å². The molecule has 0 saturated carbocycles. The minimum absolute atomic E-state index is 0.0748. The van der Waals surface area contributed by atoms with E-state index in [2.05, 4.69) is 0 Å². The Bertz CT molecular complexity index is 502. The fourth-order valence-corrected chi connectivity index (χ4v) is 2.20. The molecule has 0 bridgehead atoms. The summed E-state index contributed by atoms with van der Waals surface area (Å²) in [6, 6.07) is 5.34. The first kappa shape index (κ1) is 11.5. The van der Waals surface area contributed by atoms with Gasteiger partial charge in [-0.3, -0.25) is 0 Å². The number of aliphatic hydroxyl groups is 1. The monoisotopic (exact) mass is 234 g/mol. The predicted octanol–water partition coefficient (Wildman–Crippen LogP) is 2.24. The van der Waals surface area contributed by atoms with Crippen LogP contribution in [0.25, 0.3) is 5.76 Å². The third-order valence-corrected chi connectivity index (χ3v) is 3.08. The zero-order valence-electron chi connectivity index (χ0n) is 9.73. The number of aliphatic carboxylic acids is 1. The van der Waals surface area contributed by atoms with Crippen molar-refractivity contribution in [3.05, 3.63) is 34.9 Å². The Kier molecular flexibility index (Phi) is 2.79. The molecule has 1 unspecified atom stereocenters. The van der Waals surface area contributed by atoms with Crippen LogP contribution in [0.4, 0.5) is 0 Å². The first-order valence-electron chi connectivity index (χ1n) is 5.38. The average Bonchev–Trinajstić information content (AvgIpc) is 2.28. The summed E-state index contributed by atoms with van der Waals surface area (Å²) in [7, 11) is 1.53. The molecular formula is C13H14O4. The molecule has 1 aliphatic rings. The van der Waals surface area contributed by atoms with Crippen molar-refractivity contribution in [1.29, 1.82) is 0 Å². The Morgan fingerprint density at radius 3 is 2.76 bits per heavy atom. The van der Waals surface area contributed by atoms with Crippen LogP contribution in [-0.4, -0.2) is 23.3 Å². The molecule has 0 amide bonds. The topological polar surface area (TPSA) is 66.8 Å². The molecule has 0 aromatic heterocycles. The van der Waals surface area contributed by atoms with Crippen LogP contribution in [0.3, 0.4) is 0 Å². The number of ether oxygens (including phenoxy) is 1.